The molecule has 1 amide bonds. The molecule has 0 saturated carbocycles. The third-order valence-electron chi connectivity index (χ3n) is 5.31. The Kier molecular flexibility index (Phi) is 3.51. The number of H-pyrrole nitrogens is 1. The van der Waals surface area contributed by atoms with Gasteiger partial charge in [-0.3, -0.25) is 9.89 Å². The molecule has 1 spiro atoms. The number of anilines is 1. The van der Waals surface area contributed by atoms with Crippen molar-refractivity contribution in [3.05, 3.63) is 77.2 Å². The van der Waals surface area contributed by atoms with Crippen LogP contribution in [0.1, 0.15) is 11.1 Å². The molecule has 5 rings (SSSR count). The van der Waals surface area contributed by atoms with Gasteiger partial charge in [-0.2, -0.15) is 0 Å². The summed E-state index contributed by atoms with van der Waals surface area (Å²) >= 11 is 0. The Morgan fingerprint density at radius 1 is 1.14 bits per heavy atom. The van der Waals surface area contributed by atoms with Gasteiger partial charge in [0.25, 0.3) is 0 Å². The first-order valence-electron chi connectivity index (χ1n) is 8.90. The molecule has 2 aliphatic rings. The molecule has 1 aromatic heterocycles. The van der Waals surface area contributed by atoms with Gasteiger partial charge in [-0.15, -0.1) is 5.10 Å². The van der Waals surface area contributed by atoms with Gasteiger partial charge in [0.05, 0.1) is 18.4 Å². The summed E-state index contributed by atoms with van der Waals surface area (Å²) in [7, 11) is 1.23. The van der Waals surface area contributed by atoms with E-state index >= 15 is 0 Å². The molecule has 8 heteroatoms. The normalized spacial score (nSPS) is 19.4. The molecule has 144 valence electrons. The minimum absolute atomic E-state index is 0.0754. The second-order valence-electron chi connectivity index (χ2n) is 6.73. The number of nitrogens with zero attached hydrogens (tertiary/aromatic N) is 1. The number of benzene rings is 2. The number of methoxy groups -OCH3 is 1. The predicted octanol–water partition coefficient (Wildman–Crippen LogP) is 2.05. The van der Waals surface area contributed by atoms with Gasteiger partial charge in [0.15, 0.2) is 0 Å². The summed E-state index contributed by atoms with van der Waals surface area (Å²) in [4.78, 5) is 26.3. The maximum Gasteiger partial charge on any atom is 0.340 e. The molecule has 8 nitrogen and oxygen atoms in total. The largest absolute Gasteiger partial charge is 0.465 e. The lowest BCUT2D eigenvalue weighted by atomic mass is 9.68. The van der Waals surface area contributed by atoms with Gasteiger partial charge < -0.3 is 20.5 Å². The number of hydrogen-bond donors (Lipinski definition) is 3. The van der Waals surface area contributed by atoms with E-state index in [1.165, 1.54) is 7.11 Å². The van der Waals surface area contributed by atoms with Crippen LogP contribution in [0.2, 0.25) is 0 Å². The molecule has 0 fully saturated rings. The molecule has 3 heterocycles. The Labute approximate surface area is 165 Å². The Hall–Kier alpha value is -4.07. The quantitative estimate of drug-likeness (QED) is 0.578. The van der Waals surface area contributed by atoms with Gasteiger partial charge in [-0.1, -0.05) is 48.5 Å². The van der Waals surface area contributed by atoms with Gasteiger partial charge in [0.1, 0.15) is 11.0 Å². The molecule has 29 heavy (non-hydrogen) atoms. The van der Waals surface area contributed by atoms with Crippen molar-refractivity contribution >= 4 is 17.6 Å². The average Bonchev–Trinajstić information content (AvgIpc) is 3.28. The summed E-state index contributed by atoms with van der Waals surface area (Å²) in [6.07, 6.45) is 0. The van der Waals surface area contributed by atoms with Crippen LogP contribution in [0.25, 0.3) is 11.3 Å². The van der Waals surface area contributed by atoms with E-state index in [1.54, 1.807) is 24.3 Å². The number of nitrogens with one attached hydrogen (secondary N) is 2. The van der Waals surface area contributed by atoms with Crippen molar-refractivity contribution in [3.8, 4) is 17.1 Å². The Balaban J connectivity index is 1.91. The first kappa shape index (κ1) is 17.1. The van der Waals surface area contributed by atoms with Crippen LogP contribution in [-0.4, -0.2) is 29.2 Å². The smallest absolute Gasteiger partial charge is 0.340 e. The topological polar surface area (TPSA) is 119 Å². The van der Waals surface area contributed by atoms with E-state index in [0.29, 0.717) is 22.5 Å². The van der Waals surface area contributed by atoms with Crippen LogP contribution in [-0.2, 0) is 19.7 Å². The maximum atomic E-state index is 13.5. The second-order valence-corrected chi connectivity index (χ2v) is 6.73. The van der Waals surface area contributed by atoms with Gasteiger partial charge >= 0.3 is 5.97 Å². The number of hydrogen-bond acceptors (Lipinski definition) is 6. The molecule has 1 unspecified atom stereocenters. The number of carbonyl (C=O) groups excluding carboxylic acids is 2. The Morgan fingerprint density at radius 2 is 1.86 bits per heavy atom. The number of carbonyl (C=O) groups is 2. The molecule has 0 bridgehead atoms. The number of aromatic amines is 1. The summed E-state index contributed by atoms with van der Waals surface area (Å²) in [6.45, 7) is 0. The molecule has 4 N–H and O–H groups in total. The number of para-hydroxylation sites is 1. The highest BCUT2D eigenvalue weighted by Crippen LogP contribution is 2.55. The van der Waals surface area contributed by atoms with Crippen LogP contribution in [0.5, 0.6) is 5.88 Å². The van der Waals surface area contributed by atoms with Crippen LogP contribution in [0, 0.1) is 0 Å². The Bertz CT molecular complexity index is 1200. The molecule has 0 radical (unpaired) electrons. The number of nitrogens with two attached hydrogens (primary N) is 1. The zero-order chi connectivity index (χ0) is 20.2. The summed E-state index contributed by atoms with van der Waals surface area (Å²) in [5.74, 6) is -1.26. The summed E-state index contributed by atoms with van der Waals surface area (Å²) in [5, 5.41) is 10.0. The second kappa shape index (κ2) is 5.96. The van der Waals surface area contributed by atoms with Gasteiger partial charge in [0.2, 0.25) is 17.7 Å². The van der Waals surface area contributed by atoms with Crippen LogP contribution < -0.4 is 15.8 Å². The van der Waals surface area contributed by atoms with Crippen molar-refractivity contribution in [2.24, 2.45) is 5.73 Å². The fourth-order valence-corrected chi connectivity index (χ4v) is 4.14. The molecule has 0 saturated heterocycles. The van der Waals surface area contributed by atoms with E-state index in [2.05, 4.69) is 15.5 Å². The lowest BCUT2D eigenvalue weighted by Gasteiger charge is -2.33. The van der Waals surface area contributed by atoms with E-state index < -0.39 is 17.3 Å². The highest BCUT2D eigenvalue weighted by atomic mass is 16.5. The minimum Gasteiger partial charge on any atom is -0.465 e. The lowest BCUT2D eigenvalue weighted by molar-refractivity contribution is -0.138. The molecule has 2 aliphatic heterocycles. The van der Waals surface area contributed by atoms with Crippen LogP contribution in [0.3, 0.4) is 0 Å². The molecule has 3 aromatic rings. The third kappa shape index (κ3) is 2.11. The van der Waals surface area contributed by atoms with E-state index in [1.807, 2.05) is 30.3 Å². The summed E-state index contributed by atoms with van der Waals surface area (Å²) in [5.41, 5.74) is 7.40. The Morgan fingerprint density at radius 3 is 2.62 bits per heavy atom. The van der Waals surface area contributed by atoms with Crippen LogP contribution in [0.4, 0.5) is 5.69 Å². The van der Waals surface area contributed by atoms with Gasteiger partial charge in [-0.05, 0) is 6.07 Å². The van der Waals surface area contributed by atoms with E-state index in [4.69, 9.17) is 15.2 Å². The van der Waals surface area contributed by atoms with Crippen LogP contribution >= 0.6 is 0 Å². The van der Waals surface area contributed by atoms with Crippen molar-refractivity contribution in [1.82, 2.24) is 10.2 Å². The minimum atomic E-state index is -1.56. The summed E-state index contributed by atoms with van der Waals surface area (Å²) in [6, 6.07) is 16.5. The van der Waals surface area contributed by atoms with Crippen molar-refractivity contribution in [1.29, 1.82) is 0 Å². The SMILES string of the molecule is COC(=O)C1=C(N)Oc2n[nH]c(-c3ccccc3)c2C12C(=O)Nc1ccccc12. The van der Waals surface area contributed by atoms with Gasteiger partial charge in [0, 0.05) is 16.8 Å². The standard InChI is InChI=1S/C21H16N4O4/c1-28-19(26)15-17(22)29-18-14(16(24-25-18)11-7-3-2-4-8-11)21(15)12-9-5-6-10-13(12)23-20(21)27/h2-10H,22H2,1H3,(H,23,27)(H,24,25). The summed E-state index contributed by atoms with van der Waals surface area (Å²) < 4.78 is 10.6. The van der Waals surface area contributed by atoms with Crippen molar-refractivity contribution in [2.45, 2.75) is 5.41 Å². The molecule has 0 aliphatic carbocycles. The van der Waals surface area contributed by atoms with Crippen molar-refractivity contribution in [2.75, 3.05) is 12.4 Å². The highest BCUT2D eigenvalue weighted by Gasteiger charge is 2.60. The number of esters is 1. The van der Waals surface area contributed by atoms with E-state index in [0.717, 1.165) is 5.56 Å². The van der Waals surface area contributed by atoms with Gasteiger partial charge in [-0.25, -0.2) is 4.79 Å². The fraction of sp³-hybridized carbons (Fsp3) is 0.0952. The zero-order valence-corrected chi connectivity index (χ0v) is 15.4. The third-order valence-corrected chi connectivity index (χ3v) is 5.31. The van der Waals surface area contributed by atoms with Crippen molar-refractivity contribution in [3.63, 3.8) is 0 Å². The first-order chi connectivity index (χ1) is 14.1. The number of rotatable bonds is 2. The maximum absolute atomic E-state index is 13.5. The van der Waals surface area contributed by atoms with Crippen molar-refractivity contribution < 1.29 is 19.1 Å². The number of aromatic nitrogens is 2. The molecule has 2 aromatic carbocycles. The van der Waals surface area contributed by atoms with Crippen LogP contribution in [0.15, 0.2) is 66.1 Å². The predicted molar refractivity (Wildman–Crippen MR) is 104 cm³/mol. The molecular weight excluding hydrogens is 372 g/mol. The average molecular weight is 388 g/mol. The van der Waals surface area contributed by atoms with E-state index in [-0.39, 0.29) is 17.3 Å². The fourth-order valence-electron chi connectivity index (χ4n) is 4.14. The molecular formula is C21H16N4O4. The number of amides is 1. The molecule has 1 atom stereocenters. The number of ether oxygens (including phenoxy) is 2. The monoisotopic (exact) mass is 388 g/mol. The van der Waals surface area contributed by atoms with E-state index in [9.17, 15) is 9.59 Å². The lowest BCUT2D eigenvalue weighted by Crippen LogP contribution is -2.45. The first-order valence-corrected chi connectivity index (χ1v) is 8.90. The number of fused-ring (bicyclic) bond motifs is 4. The highest BCUT2D eigenvalue weighted by molar-refractivity contribution is 6.18. The zero-order valence-electron chi connectivity index (χ0n) is 15.4.